The maximum Gasteiger partial charge on any atom is 0.312 e. The summed E-state index contributed by atoms with van der Waals surface area (Å²) < 4.78 is 5.25. The Morgan fingerprint density at radius 1 is 1.35 bits per heavy atom. The van der Waals surface area contributed by atoms with E-state index in [4.69, 9.17) is 16.3 Å². The highest BCUT2D eigenvalue weighted by atomic mass is 35.5. The molecule has 0 aliphatic heterocycles. The zero-order chi connectivity index (χ0) is 17.4. The second kappa shape index (κ2) is 9.35. The van der Waals surface area contributed by atoms with Gasteiger partial charge in [0.05, 0.1) is 4.92 Å². The van der Waals surface area contributed by atoms with E-state index in [0.29, 0.717) is 5.92 Å². The third-order valence-electron chi connectivity index (χ3n) is 3.30. The van der Waals surface area contributed by atoms with Gasteiger partial charge in [0.1, 0.15) is 0 Å². The highest BCUT2D eigenvalue weighted by molar-refractivity contribution is 6.30. The van der Waals surface area contributed by atoms with Crippen LogP contribution in [-0.2, 0) is 4.79 Å². The van der Waals surface area contributed by atoms with Crippen LogP contribution in [0.5, 0.6) is 5.75 Å². The number of amides is 1. The molecule has 0 aromatic heterocycles. The Morgan fingerprint density at radius 2 is 2.04 bits per heavy atom. The van der Waals surface area contributed by atoms with Gasteiger partial charge in [-0.15, -0.1) is 0 Å². The summed E-state index contributed by atoms with van der Waals surface area (Å²) >= 11 is 5.72. The number of benzene rings is 1. The normalized spacial score (nSPS) is 12.0. The Labute approximate surface area is 141 Å². The maximum absolute atomic E-state index is 11.8. The second-order valence-electron chi connectivity index (χ2n) is 5.95. The van der Waals surface area contributed by atoms with Gasteiger partial charge in [-0.2, -0.15) is 0 Å². The van der Waals surface area contributed by atoms with Gasteiger partial charge in [-0.1, -0.05) is 38.3 Å². The monoisotopic (exact) mass is 342 g/mol. The van der Waals surface area contributed by atoms with Crippen LogP contribution < -0.4 is 10.1 Å². The lowest BCUT2D eigenvalue weighted by Crippen LogP contribution is -2.36. The minimum Gasteiger partial charge on any atom is -0.477 e. The molecule has 0 aliphatic rings. The number of rotatable bonds is 9. The van der Waals surface area contributed by atoms with E-state index in [1.165, 1.54) is 18.2 Å². The van der Waals surface area contributed by atoms with E-state index in [9.17, 15) is 14.9 Å². The summed E-state index contributed by atoms with van der Waals surface area (Å²) in [6, 6.07) is 4.12. The third-order valence-corrected chi connectivity index (χ3v) is 3.54. The highest BCUT2D eigenvalue weighted by Crippen LogP contribution is 2.29. The smallest absolute Gasteiger partial charge is 0.312 e. The molecule has 0 bridgehead atoms. The van der Waals surface area contributed by atoms with Crippen molar-refractivity contribution in [2.45, 2.75) is 46.1 Å². The molecule has 1 rings (SSSR count). The molecule has 1 aromatic rings. The minimum absolute atomic E-state index is 0.0296. The van der Waals surface area contributed by atoms with Crippen molar-refractivity contribution in [3.05, 3.63) is 33.3 Å². The zero-order valence-electron chi connectivity index (χ0n) is 13.7. The Kier molecular flexibility index (Phi) is 7.81. The van der Waals surface area contributed by atoms with Crippen molar-refractivity contribution in [1.82, 2.24) is 5.32 Å². The van der Waals surface area contributed by atoms with Gasteiger partial charge in [0.25, 0.3) is 5.91 Å². The van der Waals surface area contributed by atoms with Crippen LogP contribution >= 0.6 is 11.6 Å². The van der Waals surface area contributed by atoms with Gasteiger partial charge in [-0.05, 0) is 31.4 Å². The van der Waals surface area contributed by atoms with Gasteiger partial charge in [-0.25, -0.2) is 0 Å². The van der Waals surface area contributed by atoms with Crippen molar-refractivity contribution >= 4 is 23.2 Å². The minimum atomic E-state index is -0.590. The maximum atomic E-state index is 11.8. The Bertz CT molecular complexity index is 549. The molecule has 7 heteroatoms. The number of nitro benzene ring substituents is 1. The van der Waals surface area contributed by atoms with Crippen LogP contribution in [0.3, 0.4) is 0 Å². The first kappa shape index (κ1) is 19.2. The van der Waals surface area contributed by atoms with Gasteiger partial charge in [0.2, 0.25) is 0 Å². The van der Waals surface area contributed by atoms with Crippen LogP contribution in [-0.4, -0.2) is 23.5 Å². The average Bonchev–Trinajstić information content (AvgIpc) is 2.45. The topological polar surface area (TPSA) is 81.5 Å². The van der Waals surface area contributed by atoms with Crippen LogP contribution in [0, 0.1) is 16.0 Å². The van der Waals surface area contributed by atoms with Crippen molar-refractivity contribution in [1.29, 1.82) is 0 Å². The molecule has 1 amide bonds. The fourth-order valence-electron chi connectivity index (χ4n) is 2.12. The van der Waals surface area contributed by atoms with Gasteiger partial charge in [-0.3, -0.25) is 14.9 Å². The number of nitrogens with zero attached hydrogens (tertiary/aromatic N) is 1. The van der Waals surface area contributed by atoms with Crippen LogP contribution in [0.1, 0.15) is 40.0 Å². The Hall–Kier alpha value is -1.82. The lowest BCUT2D eigenvalue weighted by molar-refractivity contribution is -0.385. The van der Waals surface area contributed by atoms with Crippen LogP contribution in [0.25, 0.3) is 0 Å². The van der Waals surface area contributed by atoms with Crippen molar-refractivity contribution in [2.75, 3.05) is 6.61 Å². The summed E-state index contributed by atoms with van der Waals surface area (Å²) in [4.78, 5) is 22.2. The molecule has 0 saturated carbocycles. The molecular weight excluding hydrogens is 320 g/mol. The first-order valence-corrected chi connectivity index (χ1v) is 8.03. The van der Waals surface area contributed by atoms with Crippen molar-refractivity contribution in [2.24, 2.45) is 5.92 Å². The number of halogens is 1. The fourth-order valence-corrected chi connectivity index (χ4v) is 2.29. The summed E-state index contributed by atoms with van der Waals surface area (Å²) in [7, 11) is 0. The summed E-state index contributed by atoms with van der Waals surface area (Å²) in [5, 5.41) is 14.0. The highest BCUT2D eigenvalue weighted by Gasteiger charge is 2.17. The number of nitrogens with one attached hydrogen (secondary N) is 1. The van der Waals surface area contributed by atoms with E-state index in [0.717, 1.165) is 19.3 Å². The van der Waals surface area contributed by atoms with E-state index in [2.05, 4.69) is 19.2 Å². The van der Waals surface area contributed by atoms with E-state index < -0.39 is 4.92 Å². The van der Waals surface area contributed by atoms with E-state index in [-0.39, 0.29) is 35.0 Å². The van der Waals surface area contributed by atoms with E-state index >= 15 is 0 Å². The predicted octanol–water partition coefficient (Wildman–Crippen LogP) is 3.96. The summed E-state index contributed by atoms with van der Waals surface area (Å²) in [5.74, 6) is 0.375. The average molecular weight is 343 g/mol. The van der Waals surface area contributed by atoms with Crippen LogP contribution in [0.2, 0.25) is 5.02 Å². The molecule has 1 N–H and O–H groups in total. The fraction of sp³-hybridized carbons (Fsp3) is 0.562. The largest absolute Gasteiger partial charge is 0.477 e. The zero-order valence-corrected chi connectivity index (χ0v) is 14.4. The number of nitro groups is 1. The molecule has 0 fully saturated rings. The predicted molar refractivity (Wildman–Crippen MR) is 89.9 cm³/mol. The summed E-state index contributed by atoms with van der Waals surface area (Å²) in [6.07, 6.45) is 3.06. The molecule has 128 valence electrons. The van der Waals surface area contributed by atoms with E-state index in [1.807, 2.05) is 6.92 Å². The molecule has 6 nitrogen and oxygen atoms in total. The van der Waals surface area contributed by atoms with Crippen molar-refractivity contribution in [3.8, 4) is 5.75 Å². The third kappa shape index (κ3) is 7.32. The van der Waals surface area contributed by atoms with Crippen LogP contribution in [0.15, 0.2) is 18.2 Å². The second-order valence-corrected chi connectivity index (χ2v) is 6.39. The summed E-state index contributed by atoms with van der Waals surface area (Å²) in [5.41, 5.74) is -0.254. The molecule has 0 aliphatic carbocycles. The number of carbonyl (C=O) groups is 1. The molecule has 0 radical (unpaired) electrons. The summed E-state index contributed by atoms with van der Waals surface area (Å²) in [6.45, 7) is 5.99. The number of hydrogen-bond acceptors (Lipinski definition) is 4. The van der Waals surface area contributed by atoms with Gasteiger partial charge < -0.3 is 10.1 Å². The molecule has 1 aromatic carbocycles. The number of ether oxygens (including phenoxy) is 1. The molecule has 0 spiro atoms. The van der Waals surface area contributed by atoms with Crippen molar-refractivity contribution in [3.63, 3.8) is 0 Å². The lowest BCUT2D eigenvalue weighted by Gasteiger charge is -2.15. The van der Waals surface area contributed by atoms with Gasteiger partial charge >= 0.3 is 5.69 Å². The molecule has 0 saturated heterocycles. The Morgan fingerprint density at radius 3 is 2.65 bits per heavy atom. The first-order chi connectivity index (χ1) is 10.8. The molecule has 1 atom stereocenters. The first-order valence-electron chi connectivity index (χ1n) is 7.65. The molecular formula is C16H23ClN2O4. The lowest BCUT2D eigenvalue weighted by atomic mass is 10.0. The number of carbonyl (C=O) groups excluding carboxylic acids is 1. The van der Waals surface area contributed by atoms with E-state index in [1.54, 1.807) is 0 Å². The van der Waals surface area contributed by atoms with Gasteiger partial charge in [0.15, 0.2) is 12.4 Å². The molecule has 0 unspecified atom stereocenters. The van der Waals surface area contributed by atoms with Gasteiger partial charge in [0, 0.05) is 17.1 Å². The molecule has 23 heavy (non-hydrogen) atoms. The SMILES string of the molecule is CC(C)CCC[C@@H](C)NC(=O)COc1ccc(Cl)cc1[N+](=O)[O-]. The standard InChI is InChI=1S/C16H23ClN2O4/c1-11(2)5-4-6-12(3)18-16(20)10-23-15-8-7-13(17)9-14(15)19(21)22/h7-9,11-12H,4-6,10H2,1-3H3,(H,18,20)/t12-/m1/s1. The molecule has 0 heterocycles. The quantitative estimate of drug-likeness (QED) is 0.544. The van der Waals surface area contributed by atoms with Crippen LogP contribution in [0.4, 0.5) is 5.69 Å². The Balaban J connectivity index is 2.46. The number of hydrogen-bond donors (Lipinski definition) is 1. The van der Waals surface area contributed by atoms with Crippen molar-refractivity contribution < 1.29 is 14.5 Å².